The zero-order valence-electron chi connectivity index (χ0n) is 16.4. The highest BCUT2D eigenvalue weighted by Gasteiger charge is 2.19. The number of fused-ring (bicyclic) bond motifs is 1. The lowest BCUT2D eigenvalue weighted by Crippen LogP contribution is -2.25. The molecular formula is C20H22FN3O2S2. The van der Waals surface area contributed by atoms with Crippen molar-refractivity contribution in [3.8, 4) is 0 Å². The topological polar surface area (TPSA) is 64.0 Å². The van der Waals surface area contributed by atoms with E-state index in [9.17, 15) is 14.0 Å². The molecule has 1 amide bonds. The van der Waals surface area contributed by atoms with Crippen LogP contribution in [0.2, 0.25) is 0 Å². The average Bonchev–Trinajstić information content (AvgIpc) is 2.89. The molecule has 0 aliphatic heterocycles. The van der Waals surface area contributed by atoms with Crippen molar-refractivity contribution >= 4 is 44.9 Å². The quantitative estimate of drug-likeness (QED) is 0.475. The van der Waals surface area contributed by atoms with E-state index in [2.05, 4.69) is 10.3 Å². The fourth-order valence-electron chi connectivity index (χ4n) is 2.88. The van der Waals surface area contributed by atoms with Gasteiger partial charge in [0.25, 0.3) is 5.56 Å². The molecule has 0 atom stereocenters. The summed E-state index contributed by atoms with van der Waals surface area (Å²) in [4.78, 5) is 31.7. The van der Waals surface area contributed by atoms with Gasteiger partial charge in [-0.1, -0.05) is 17.8 Å². The number of benzene rings is 1. The fraction of sp³-hybridized carbons (Fsp3) is 0.350. The predicted molar refractivity (Wildman–Crippen MR) is 114 cm³/mol. The van der Waals surface area contributed by atoms with Crippen molar-refractivity contribution < 1.29 is 9.18 Å². The average molecular weight is 420 g/mol. The van der Waals surface area contributed by atoms with E-state index in [1.54, 1.807) is 23.6 Å². The summed E-state index contributed by atoms with van der Waals surface area (Å²) in [5.74, 6) is -0.793. The van der Waals surface area contributed by atoms with Gasteiger partial charge in [-0.3, -0.25) is 14.2 Å². The van der Waals surface area contributed by atoms with Crippen molar-refractivity contribution in [3.63, 3.8) is 0 Å². The summed E-state index contributed by atoms with van der Waals surface area (Å²) in [6, 6.07) is 4.55. The number of carbonyl (C=O) groups is 1. The van der Waals surface area contributed by atoms with Crippen molar-refractivity contribution in [2.75, 3.05) is 11.1 Å². The Labute approximate surface area is 171 Å². The summed E-state index contributed by atoms with van der Waals surface area (Å²) in [5.41, 5.74) is 1.79. The molecule has 0 saturated heterocycles. The Morgan fingerprint density at radius 2 is 2.04 bits per heavy atom. The molecule has 0 spiro atoms. The SMILES string of the molecule is Cc1ccc(NC(=O)CSc2nc3sc(C)c(C)c3c(=O)n2C(C)C)c(F)c1. The van der Waals surface area contributed by atoms with Crippen molar-refractivity contribution in [3.05, 3.63) is 50.4 Å². The van der Waals surface area contributed by atoms with E-state index in [0.717, 1.165) is 16.0 Å². The van der Waals surface area contributed by atoms with Crippen LogP contribution in [0.5, 0.6) is 0 Å². The Morgan fingerprint density at radius 3 is 2.68 bits per heavy atom. The molecule has 3 rings (SSSR count). The highest BCUT2D eigenvalue weighted by atomic mass is 32.2. The van der Waals surface area contributed by atoms with Crippen LogP contribution in [0.3, 0.4) is 0 Å². The summed E-state index contributed by atoms with van der Waals surface area (Å²) in [6.07, 6.45) is 0. The maximum absolute atomic E-state index is 13.9. The molecule has 0 fully saturated rings. The zero-order valence-corrected chi connectivity index (χ0v) is 18.1. The van der Waals surface area contributed by atoms with E-state index in [1.165, 1.54) is 29.2 Å². The second kappa shape index (κ2) is 8.05. The van der Waals surface area contributed by atoms with Crippen LogP contribution in [0.25, 0.3) is 10.2 Å². The van der Waals surface area contributed by atoms with E-state index in [0.29, 0.717) is 15.4 Å². The van der Waals surface area contributed by atoms with Crippen LogP contribution in [0.1, 0.15) is 35.9 Å². The van der Waals surface area contributed by atoms with Gasteiger partial charge in [0.1, 0.15) is 10.6 Å². The number of carbonyl (C=O) groups excluding carboxylic acids is 1. The highest BCUT2D eigenvalue weighted by molar-refractivity contribution is 7.99. The summed E-state index contributed by atoms with van der Waals surface area (Å²) in [6.45, 7) is 9.51. The highest BCUT2D eigenvalue weighted by Crippen LogP contribution is 2.29. The van der Waals surface area contributed by atoms with Gasteiger partial charge in [-0.05, 0) is 57.9 Å². The van der Waals surface area contributed by atoms with Crippen LogP contribution < -0.4 is 10.9 Å². The predicted octanol–water partition coefficient (Wildman–Crippen LogP) is 4.83. The summed E-state index contributed by atoms with van der Waals surface area (Å²) >= 11 is 2.66. The largest absolute Gasteiger partial charge is 0.323 e. The van der Waals surface area contributed by atoms with Crippen LogP contribution in [0.4, 0.5) is 10.1 Å². The molecule has 2 heterocycles. The number of thiophene rings is 1. The Hall–Kier alpha value is -2.19. The normalized spacial score (nSPS) is 11.4. The molecule has 0 saturated carbocycles. The first-order chi connectivity index (χ1) is 13.2. The summed E-state index contributed by atoms with van der Waals surface area (Å²) in [7, 11) is 0. The monoisotopic (exact) mass is 419 g/mol. The lowest BCUT2D eigenvalue weighted by atomic mass is 10.2. The lowest BCUT2D eigenvalue weighted by molar-refractivity contribution is -0.113. The molecule has 0 bridgehead atoms. The molecule has 1 aromatic carbocycles. The number of amides is 1. The number of hydrogen-bond acceptors (Lipinski definition) is 5. The van der Waals surface area contributed by atoms with Gasteiger partial charge in [-0.15, -0.1) is 11.3 Å². The van der Waals surface area contributed by atoms with Crippen LogP contribution in [-0.4, -0.2) is 21.2 Å². The van der Waals surface area contributed by atoms with E-state index in [4.69, 9.17) is 0 Å². The van der Waals surface area contributed by atoms with Crippen molar-refractivity contribution in [2.24, 2.45) is 0 Å². The minimum Gasteiger partial charge on any atom is -0.323 e. The molecule has 0 aliphatic rings. The van der Waals surface area contributed by atoms with Gasteiger partial charge in [-0.25, -0.2) is 9.37 Å². The molecule has 148 valence electrons. The first kappa shape index (κ1) is 20.5. The standard InChI is InChI=1S/C20H22FN3O2S2/c1-10(2)24-19(26)17-12(4)13(5)28-18(17)23-20(24)27-9-16(25)22-15-7-6-11(3)8-14(15)21/h6-8,10H,9H2,1-5H3,(H,22,25). The number of halogens is 1. The molecule has 0 aliphatic carbocycles. The van der Waals surface area contributed by atoms with E-state index in [1.807, 2.05) is 27.7 Å². The molecule has 28 heavy (non-hydrogen) atoms. The smallest absolute Gasteiger partial charge is 0.263 e. The van der Waals surface area contributed by atoms with Crippen molar-refractivity contribution in [1.29, 1.82) is 0 Å². The zero-order chi connectivity index (χ0) is 20.6. The van der Waals surface area contributed by atoms with Gasteiger partial charge >= 0.3 is 0 Å². The summed E-state index contributed by atoms with van der Waals surface area (Å²) in [5, 5.41) is 3.71. The van der Waals surface area contributed by atoms with Crippen LogP contribution in [-0.2, 0) is 4.79 Å². The van der Waals surface area contributed by atoms with Gasteiger partial charge < -0.3 is 5.32 Å². The molecule has 8 heteroatoms. The number of thioether (sulfide) groups is 1. The third-order valence-corrected chi connectivity index (χ3v) is 6.50. The van der Waals surface area contributed by atoms with Crippen LogP contribution >= 0.6 is 23.1 Å². The van der Waals surface area contributed by atoms with Crippen LogP contribution in [0, 0.1) is 26.6 Å². The number of hydrogen-bond donors (Lipinski definition) is 1. The van der Waals surface area contributed by atoms with Crippen LogP contribution in [0.15, 0.2) is 28.2 Å². The van der Waals surface area contributed by atoms with E-state index in [-0.39, 0.29) is 28.9 Å². The lowest BCUT2D eigenvalue weighted by Gasteiger charge is -2.15. The second-order valence-electron chi connectivity index (χ2n) is 6.95. The van der Waals surface area contributed by atoms with Crippen molar-refractivity contribution in [1.82, 2.24) is 9.55 Å². The van der Waals surface area contributed by atoms with E-state index < -0.39 is 5.82 Å². The number of anilines is 1. The Kier molecular flexibility index (Phi) is 5.90. The number of aromatic nitrogens is 2. The molecule has 5 nitrogen and oxygen atoms in total. The number of rotatable bonds is 5. The molecule has 3 aromatic rings. The molecule has 0 radical (unpaired) electrons. The maximum Gasteiger partial charge on any atom is 0.263 e. The minimum absolute atomic E-state index is 0.0291. The molecule has 0 unspecified atom stereocenters. The van der Waals surface area contributed by atoms with Gasteiger partial charge in [0.2, 0.25) is 5.91 Å². The maximum atomic E-state index is 13.9. The minimum atomic E-state index is -0.471. The third kappa shape index (κ3) is 3.98. The first-order valence-corrected chi connectivity index (χ1v) is 10.7. The number of nitrogens with zero attached hydrogens (tertiary/aromatic N) is 2. The molecule has 2 aromatic heterocycles. The van der Waals surface area contributed by atoms with Gasteiger partial charge in [0.05, 0.1) is 16.8 Å². The first-order valence-electron chi connectivity index (χ1n) is 8.90. The Morgan fingerprint density at radius 1 is 1.32 bits per heavy atom. The Bertz CT molecular complexity index is 1120. The van der Waals surface area contributed by atoms with Gasteiger partial charge in [-0.2, -0.15) is 0 Å². The Balaban J connectivity index is 1.86. The summed E-state index contributed by atoms with van der Waals surface area (Å²) < 4.78 is 15.6. The molecule has 1 N–H and O–H groups in total. The number of nitrogens with one attached hydrogen (secondary N) is 1. The number of aryl methyl sites for hydroxylation is 3. The molecular weight excluding hydrogens is 397 g/mol. The fourth-order valence-corrected chi connectivity index (χ4v) is 4.88. The van der Waals surface area contributed by atoms with Gasteiger partial charge in [0.15, 0.2) is 5.16 Å². The van der Waals surface area contributed by atoms with E-state index >= 15 is 0 Å². The van der Waals surface area contributed by atoms with Gasteiger partial charge in [0, 0.05) is 10.9 Å². The second-order valence-corrected chi connectivity index (χ2v) is 9.09. The van der Waals surface area contributed by atoms with Crippen molar-refractivity contribution in [2.45, 2.75) is 45.8 Å². The third-order valence-electron chi connectivity index (χ3n) is 4.45.